The van der Waals surface area contributed by atoms with Gasteiger partial charge in [-0.15, -0.1) is 0 Å². The molecule has 3 heteroatoms. The Labute approximate surface area is 115 Å². The van der Waals surface area contributed by atoms with Crippen molar-refractivity contribution in [3.63, 3.8) is 0 Å². The van der Waals surface area contributed by atoms with Crippen molar-refractivity contribution in [3.05, 3.63) is 29.8 Å². The van der Waals surface area contributed by atoms with E-state index in [4.69, 9.17) is 4.74 Å². The molecule has 1 aromatic carbocycles. The Balaban J connectivity index is 1.52. The van der Waals surface area contributed by atoms with Gasteiger partial charge in [0.25, 0.3) is 0 Å². The molecule has 2 fully saturated rings. The molecule has 0 spiro atoms. The normalized spacial score (nSPS) is 23.9. The zero-order chi connectivity index (χ0) is 12.9. The predicted octanol–water partition coefficient (Wildman–Crippen LogP) is 2.87. The maximum Gasteiger partial charge on any atom is 0.0748 e. The van der Waals surface area contributed by atoms with Crippen LogP contribution < -0.4 is 5.32 Å². The molecule has 0 amide bonds. The third-order valence-electron chi connectivity index (χ3n) is 4.09. The Morgan fingerprint density at radius 2 is 2.11 bits per heavy atom. The van der Waals surface area contributed by atoms with Crippen LogP contribution in [0.15, 0.2) is 24.3 Å². The smallest absolute Gasteiger partial charge is 0.0748 e. The molecule has 2 heterocycles. The van der Waals surface area contributed by atoms with Crippen molar-refractivity contribution in [3.8, 4) is 0 Å². The molecule has 2 aliphatic rings. The summed E-state index contributed by atoms with van der Waals surface area (Å²) >= 11 is 0. The van der Waals surface area contributed by atoms with Crippen molar-refractivity contribution in [2.24, 2.45) is 0 Å². The minimum atomic E-state index is 0.405. The Kier molecular flexibility index (Phi) is 4.36. The molecule has 1 aromatic rings. The molecular weight excluding hydrogens is 236 g/mol. The van der Waals surface area contributed by atoms with Crippen LogP contribution >= 0.6 is 0 Å². The van der Waals surface area contributed by atoms with Crippen LogP contribution in [-0.4, -0.2) is 37.2 Å². The molecule has 0 saturated carbocycles. The molecule has 0 aromatic heterocycles. The molecule has 2 aliphatic heterocycles. The summed E-state index contributed by atoms with van der Waals surface area (Å²) in [5.74, 6) is 0. The van der Waals surface area contributed by atoms with E-state index in [2.05, 4.69) is 34.5 Å². The van der Waals surface area contributed by atoms with Gasteiger partial charge in [-0.3, -0.25) is 4.90 Å². The highest BCUT2D eigenvalue weighted by molar-refractivity contribution is 5.45. The maximum absolute atomic E-state index is 5.64. The standard InChI is InChI=1S/C16H24N2O/c1-2-9-18(8-1)13-14-5-3-6-15(11-14)17-12-16-7-4-10-19-16/h3,5-6,11,16-17H,1-2,4,7-10,12-13H2. The van der Waals surface area contributed by atoms with Gasteiger partial charge in [0.05, 0.1) is 6.10 Å². The average molecular weight is 260 g/mol. The van der Waals surface area contributed by atoms with Gasteiger partial charge >= 0.3 is 0 Å². The lowest BCUT2D eigenvalue weighted by Gasteiger charge is -2.16. The number of nitrogens with one attached hydrogen (secondary N) is 1. The maximum atomic E-state index is 5.64. The summed E-state index contributed by atoms with van der Waals surface area (Å²) in [5.41, 5.74) is 2.64. The molecule has 2 saturated heterocycles. The monoisotopic (exact) mass is 260 g/mol. The average Bonchev–Trinajstić information content (AvgIpc) is 3.10. The predicted molar refractivity (Wildman–Crippen MR) is 78.4 cm³/mol. The molecular formula is C16H24N2O. The van der Waals surface area contributed by atoms with E-state index in [1.165, 1.54) is 50.0 Å². The van der Waals surface area contributed by atoms with E-state index in [0.29, 0.717) is 6.10 Å². The zero-order valence-electron chi connectivity index (χ0n) is 11.6. The van der Waals surface area contributed by atoms with Gasteiger partial charge < -0.3 is 10.1 Å². The summed E-state index contributed by atoms with van der Waals surface area (Å²) in [4.78, 5) is 2.54. The third-order valence-corrected chi connectivity index (χ3v) is 4.09. The highest BCUT2D eigenvalue weighted by Crippen LogP contribution is 2.17. The lowest BCUT2D eigenvalue weighted by molar-refractivity contribution is 0.120. The molecule has 0 radical (unpaired) electrons. The second-order valence-electron chi connectivity index (χ2n) is 5.70. The Morgan fingerprint density at radius 1 is 1.21 bits per heavy atom. The Bertz CT molecular complexity index is 395. The van der Waals surface area contributed by atoms with Crippen LogP contribution in [0.5, 0.6) is 0 Å². The van der Waals surface area contributed by atoms with Gasteiger partial charge in [-0.25, -0.2) is 0 Å². The first kappa shape index (κ1) is 12.9. The lowest BCUT2D eigenvalue weighted by atomic mass is 10.2. The van der Waals surface area contributed by atoms with Crippen LogP contribution in [0, 0.1) is 0 Å². The summed E-state index contributed by atoms with van der Waals surface area (Å²) in [6, 6.07) is 8.83. The Morgan fingerprint density at radius 3 is 2.89 bits per heavy atom. The molecule has 0 aliphatic carbocycles. The first-order chi connectivity index (χ1) is 9.40. The second kappa shape index (κ2) is 6.40. The van der Waals surface area contributed by atoms with Crippen molar-refractivity contribution in [1.82, 2.24) is 4.90 Å². The number of hydrogen-bond donors (Lipinski definition) is 1. The van der Waals surface area contributed by atoms with Crippen LogP contribution in [0.3, 0.4) is 0 Å². The van der Waals surface area contributed by atoms with E-state index < -0.39 is 0 Å². The fraction of sp³-hybridized carbons (Fsp3) is 0.625. The van der Waals surface area contributed by atoms with Crippen molar-refractivity contribution in [1.29, 1.82) is 0 Å². The molecule has 3 nitrogen and oxygen atoms in total. The van der Waals surface area contributed by atoms with Gasteiger partial charge in [0, 0.05) is 25.4 Å². The minimum absolute atomic E-state index is 0.405. The number of ether oxygens (including phenoxy) is 1. The quantitative estimate of drug-likeness (QED) is 0.881. The van der Waals surface area contributed by atoms with Crippen LogP contribution in [-0.2, 0) is 11.3 Å². The topological polar surface area (TPSA) is 24.5 Å². The van der Waals surface area contributed by atoms with Crippen molar-refractivity contribution in [2.45, 2.75) is 38.3 Å². The first-order valence-electron chi connectivity index (χ1n) is 7.57. The molecule has 1 N–H and O–H groups in total. The largest absolute Gasteiger partial charge is 0.382 e. The molecule has 1 unspecified atom stereocenters. The summed E-state index contributed by atoms with van der Waals surface area (Å²) < 4.78 is 5.64. The molecule has 3 rings (SSSR count). The van der Waals surface area contributed by atoms with Gasteiger partial charge in [0.15, 0.2) is 0 Å². The molecule has 19 heavy (non-hydrogen) atoms. The minimum Gasteiger partial charge on any atom is -0.382 e. The SMILES string of the molecule is c1cc(CN2CCCC2)cc(NCC2CCCO2)c1. The summed E-state index contributed by atoms with van der Waals surface area (Å²) in [6.45, 7) is 5.48. The fourth-order valence-corrected chi connectivity index (χ4v) is 3.02. The summed E-state index contributed by atoms with van der Waals surface area (Å²) in [5, 5.41) is 3.51. The highest BCUT2D eigenvalue weighted by Gasteiger charge is 2.15. The van der Waals surface area contributed by atoms with E-state index >= 15 is 0 Å². The van der Waals surface area contributed by atoms with Crippen LogP contribution in [0.4, 0.5) is 5.69 Å². The van der Waals surface area contributed by atoms with E-state index in [1.807, 2.05) is 0 Å². The van der Waals surface area contributed by atoms with Crippen LogP contribution in [0.2, 0.25) is 0 Å². The van der Waals surface area contributed by atoms with Gasteiger partial charge in [-0.05, 0) is 56.5 Å². The highest BCUT2D eigenvalue weighted by atomic mass is 16.5. The number of benzene rings is 1. The van der Waals surface area contributed by atoms with Gasteiger partial charge in [-0.2, -0.15) is 0 Å². The van der Waals surface area contributed by atoms with Crippen molar-refractivity contribution in [2.75, 3.05) is 31.6 Å². The van der Waals surface area contributed by atoms with Crippen LogP contribution in [0.1, 0.15) is 31.2 Å². The van der Waals surface area contributed by atoms with Crippen molar-refractivity contribution >= 4 is 5.69 Å². The number of hydrogen-bond acceptors (Lipinski definition) is 3. The number of likely N-dealkylation sites (tertiary alicyclic amines) is 1. The van der Waals surface area contributed by atoms with E-state index in [-0.39, 0.29) is 0 Å². The first-order valence-corrected chi connectivity index (χ1v) is 7.57. The van der Waals surface area contributed by atoms with Crippen molar-refractivity contribution < 1.29 is 4.74 Å². The van der Waals surface area contributed by atoms with Gasteiger partial charge in [0.2, 0.25) is 0 Å². The zero-order valence-corrected chi connectivity index (χ0v) is 11.6. The second-order valence-corrected chi connectivity index (χ2v) is 5.70. The number of rotatable bonds is 5. The number of nitrogens with zero attached hydrogens (tertiary/aromatic N) is 1. The van der Waals surface area contributed by atoms with Gasteiger partial charge in [-0.1, -0.05) is 12.1 Å². The molecule has 1 atom stereocenters. The van der Waals surface area contributed by atoms with E-state index in [9.17, 15) is 0 Å². The third kappa shape index (κ3) is 3.71. The molecule has 0 bridgehead atoms. The Hall–Kier alpha value is -1.06. The van der Waals surface area contributed by atoms with Gasteiger partial charge in [0.1, 0.15) is 0 Å². The molecule has 104 valence electrons. The summed E-state index contributed by atoms with van der Waals surface area (Å²) in [6.07, 6.45) is 5.53. The van der Waals surface area contributed by atoms with E-state index in [1.54, 1.807) is 0 Å². The fourth-order valence-electron chi connectivity index (χ4n) is 3.02. The number of anilines is 1. The lowest BCUT2D eigenvalue weighted by Crippen LogP contribution is -2.19. The summed E-state index contributed by atoms with van der Waals surface area (Å²) in [7, 11) is 0. The van der Waals surface area contributed by atoms with E-state index in [0.717, 1.165) is 19.7 Å². The van der Waals surface area contributed by atoms with Crippen LogP contribution in [0.25, 0.3) is 0 Å².